The summed E-state index contributed by atoms with van der Waals surface area (Å²) in [5.74, 6) is -0.962. The lowest BCUT2D eigenvalue weighted by molar-refractivity contribution is -0.138. The summed E-state index contributed by atoms with van der Waals surface area (Å²) < 4.78 is 0. The highest BCUT2D eigenvalue weighted by Gasteiger charge is 2.33. The van der Waals surface area contributed by atoms with Crippen molar-refractivity contribution in [1.82, 2.24) is 15.1 Å². The fraction of sp³-hybridized carbons (Fsp3) is 0.867. The number of carbonyl (C=O) groups excluding carboxylic acids is 1. The SMILES string of the molecule is CCC(C)N(CC(=O)O)C(=O)NC1CCN2CCCC2C1. The minimum atomic E-state index is -0.962. The molecule has 0 bridgehead atoms. The molecule has 0 aromatic heterocycles. The quantitative estimate of drug-likeness (QED) is 0.807. The van der Waals surface area contributed by atoms with Gasteiger partial charge in [0, 0.05) is 24.7 Å². The van der Waals surface area contributed by atoms with E-state index in [4.69, 9.17) is 5.11 Å². The number of piperidine rings is 1. The van der Waals surface area contributed by atoms with Gasteiger partial charge in [-0.1, -0.05) is 6.92 Å². The molecule has 2 heterocycles. The molecule has 2 saturated heterocycles. The normalized spacial score (nSPS) is 27.0. The first kappa shape index (κ1) is 16.1. The van der Waals surface area contributed by atoms with Gasteiger partial charge in [0.1, 0.15) is 6.54 Å². The van der Waals surface area contributed by atoms with E-state index >= 15 is 0 Å². The van der Waals surface area contributed by atoms with Crippen LogP contribution in [0.1, 0.15) is 46.0 Å². The van der Waals surface area contributed by atoms with Crippen LogP contribution in [-0.4, -0.2) is 64.7 Å². The van der Waals surface area contributed by atoms with Gasteiger partial charge in [-0.2, -0.15) is 0 Å². The van der Waals surface area contributed by atoms with Gasteiger partial charge in [-0.05, 0) is 45.6 Å². The van der Waals surface area contributed by atoms with E-state index in [0.29, 0.717) is 6.04 Å². The van der Waals surface area contributed by atoms with Crippen molar-refractivity contribution in [2.75, 3.05) is 19.6 Å². The summed E-state index contributed by atoms with van der Waals surface area (Å²) >= 11 is 0. The molecule has 0 radical (unpaired) electrons. The minimum Gasteiger partial charge on any atom is -0.480 e. The monoisotopic (exact) mass is 297 g/mol. The molecule has 2 rings (SSSR count). The van der Waals surface area contributed by atoms with Gasteiger partial charge in [0.05, 0.1) is 0 Å². The first-order chi connectivity index (χ1) is 10.0. The first-order valence-corrected chi connectivity index (χ1v) is 8.04. The maximum Gasteiger partial charge on any atom is 0.323 e. The third kappa shape index (κ3) is 4.09. The van der Waals surface area contributed by atoms with Gasteiger partial charge in [-0.3, -0.25) is 4.79 Å². The van der Waals surface area contributed by atoms with Gasteiger partial charge in [-0.25, -0.2) is 4.79 Å². The van der Waals surface area contributed by atoms with Crippen molar-refractivity contribution in [3.63, 3.8) is 0 Å². The number of nitrogens with zero attached hydrogens (tertiary/aromatic N) is 2. The first-order valence-electron chi connectivity index (χ1n) is 8.04. The van der Waals surface area contributed by atoms with Gasteiger partial charge in [0.15, 0.2) is 0 Å². The van der Waals surface area contributed by atoms with E-state index < -0.39 is 5.97 Å². The lowest BCUT2D eigenvalue weighted by Crippen LogP contribution is -2.53. The second-order valence-corrected chi connectivity index (χ2v) is 6.28. The number of hydrogen-bond donors (Lipinski definition) is 2. The average molecular weight is 297 g/mol. The zero-order valence-electron chi connectivity index (χ0n) is 13.0. The zero-order valence-corrected chi connectivity index (χ0v) is 13.0. The summed E-state index contributed by atoms with van der Waals surface area (Å²) in [6.45, 7) is 5.84. The molecule has 0 spiro atoms. The topological polar surface area (TPSA) is 72.9 Å². The highest BCUT2D eigenvalue weighted by molar-refractivity contribution is 5.80. The van der Waals surface area contributed by atoms with Crippen LogP contribution < -0.4 is 5.32 Å². The third-order valence-electron chi connectivity index (χ3n) is 4.84. The maximum atomic E-state index is 12.4. The molecule has 2 amide bonds. The van der Waals surface area contributed by atoms with Crippen molar-refractivity contribution in [1.29, 1.82) is 0 Å². The van der Waals surface area contributed by atoms with Crippen molar-refractivity contribution >= 4 is 12.0 Å². The molecule has 6 nitrogen and oxygen atoms in total. The highest BCUT2D eigenvalue weighted by atomic mass is 16.4. The van der Waals surface area contributed by atoms with Crippen molar-refractivity contribution in [3.8, 4) is 0 Å². The molecule has 3 atom stereocenters. The Morgan fingerprint density at radius 2 is 2.14 bits per heavy atom. The number of hydrogen-bond acceptors (Lipinski definition) is 3. The number of aliphatic carboxylic acids is 1. The number of carboxylic acids is 1. The highest BCUT2D eigenvalue weighted by Crippen LogP contribution is 2.26. The summed E-state index contributed by atoms with van der Waals surface area (Å²) in [4.78, 5) is 27.3. The number of nitrogens with one attached hydrogen (secondary N) is 1. The predicted octanol–water partition coefficient (Wildman–Crippen LogP) is 1.51. The molecule has 21 heavy (non-hydrogen) atoms. The molecule has 6 heteroatoms. The van der Waals surface area contributed by atoms with Crippen molar-refractivity contribution in [2.24, 2.45) is 0 Å². The fourth-order valence-corrected chi connectivity index (χ4v) is 3.41. The summed E-state index contributed by atoms with van der Waals surface area (Å²) in [5.41, 5.74) is 0. The lowest BCUT2D eigenvalue weighted by Gasteiger charge is -2.36. The van der Waals surface area contributed by atoms with Crippen LogP contribution in [0.5, 0.6) is 0 Å². The van der Waals surface area contributed by atoms with Gasteiger partial charge in [0.25, 0.3) is 0 Å². The number of fused-ring (bicyclic) bond motifs is 1. The molecule has 3 unspecified atom stereocenters. The molecule has 0 aromatic rings. The van der Waals surface area contributed by atoms with E-state index in [1.54, 1.807) is 0 Å². The largest absolute Gasteiger partial charge is 0.480 e. The Balaban J connectivity index is 1.90. The maximum absolute atomic E-state index is 12.4. The Morgan fingerprint density at radius 1 is 1.38 bits per heavy atom. The van der Waals surface area contributed by atoms with Crippen LogP contribution in [0.15, 0.2) is 0 Å². The van der Waals surface area contributed by atoms with Gasteiger partial charge >= 0.3 is 12.0 Å². The number of amides is 2. The number of carboxylic acid groups (broad SMARTS) is 1. The summed E-state index contributed by atoms with van der Waals surface area (Å²) in [6.07, 6.45) is 5.18. The number of carbonyl (C=O) groups is 2. The van der Waals surface area contributed by atoms with E-state index in [0.717, 1.165) is 25.8 Å². The second kappa shape index (κ2) is 7.11. The molecule has 2 aliphatic rings. The summed E-state index contributed by atoms with van der Waals surface area (Å²) in [7, 11) is 0. The molecular weight excluding hydrogens is 270 g/mol. The number of rotatable bonds is 5. The predicted molar refractivity (Wildman–Crippen MR) is 80.2 cm³/mol. The van der Waals surface area contributed by atoms with E-state index in [1.807, 2.05) is 13.8 Å². The smallest absolute Gasteiger partial charge is 0.323 e. The van der Waals surface area contributed by atoms with Crippen LogP contribution in [0.25, 0.3) is 0 Å². The zero-order chi connectivity index (χ0) is 15.4. The van der Waals surface area contributed by atoms with Crippen LogP contribution in [0.4, 0.5) is 4.79 Å². The lowest BCUT2D eigenvalue weighted by atomic mass is 9.98. The molecule has 2 aliphatic heterocycles. The standard InChI is InChI=1S/C15H27N3O3/c1-3-11(2)18(10-14(19)20)15(21)16-12-6-8-17-7-4-5-13(17)9-12/h11-13H,3-10H2,1-2H3,(H,16,21)(H,19,20). The van der Waals surface area contributed by atoms with Crippen LogP contribution >= 0.6 is 0 Å². The molecule has 0 aliphatic carbocycles. The van der Waals surface area contributed by atoms with Gasteiger partial charge in [0.2, 0.25) is 0 Å². The molecule has 2 N–H and O–H groups in total. The van der Waals surface area contributed by atoms with E-state index in [1.165, 1.54) is 24.3 Å². The molecule has 2 fully saturated rings. The summed E-state index contributed by atoms with van der Waals surface area (Å²) in [6, 6.07) is 0.480. The molecule has 0 saturated carbocycles. The number of urea groups is 1. The van der Waals surface area contributed by atoms with Crippen molar-refractivity contribution in [3.05, 3.63) is 0 Å². The van der Waals surface area contributed by atoms with Crippen molar-refractivity contribution < 1.29 is 14.7 Å². The molecule has 120 valence electrons. The van der Waals surface area contributed by atoms with E-state index in [9.17, 15) is 9.59 Å². The van der Waals surface area contributed by atoms with Gasteiger partial charge < -0.3 is 20.2 Å². The van der Waals surface area contributed by atoms with Crippen LogP contribution in [0.2, 0.25) is 0 Å². The third-order valence-corrected chi connectivity index (χ3v) is 4.84. The molecular formula is C15H27N3O3. The van der Waals surface area contributed by atoms with Gasteiger partial charge in [-0.15, -0.1) is 0 Å². The van der Waals surface area contributed by atoms with E-state index in [-0.39, 0.29) is 24.7 Å². The minimum absolute atomic E-state index is 0.0623. The average Bonchev–Trinajstić information content (AvgIpc) is 2.91. The van der Waals surface area contributed by atoms with Crippen LogP contribution in [-0.2, 0) is 4.79 Å². The Hall–Kier alpha value is -1.30. The van der Waals surface area contributed by atoms with Crippen molar-refractivity contribution in [2.45, 2.75) is 64.1 Å². The molecule has 0 aromatic carbocycles. The second-order valence-electron chi connectivity index (χ2n) is 6.28. The fourth-order valence-electron chi connectivity index (χ4n) is 3.41. The van der Waals surface area contributed by atoms with Crippen LogP contribution in [0, 0.1) is 0 Å². The Morgan fingerprint density at radius 3 is 2.81 bits per heavy atom. The Bertz CT molecular complexity index is 388. The Kier molecular flexibility index (Phi) is 5.45. The van der Waals surface area contributed by atoms with E-state index in [2.05, 4.69) is 10.2 Å². The summed E-state index contributed by atoms with van der Waals surface area (Å²) in [5, 5.41) is 12.0. The Labute approximate surface area is 126 Å². The van der Waals surface area contributed by atoms with Crippen LogP contribution in [0.3, 0.4) is 0 Å².